The number of hydrogen-bond acceptors (Lipinski definition) is 4. The lowest BCUT2D eigenvalue weighted by Gasteiger charge is -2.11. The third kappa shape index (κ3) is 3.27. The third-order valence-electron chi connectivity index (χ3n) is 2.76. The second-order valence-corrected chi connectivity index (χ2v) is 4.08. The summed E-state index contributed by atoms with van der Waals surface area (Å²) in [5.74, 6) is 0.366. The Morgan fingerprint density at radius 1 is 1.15 bits per heavy atom. The van der Waals surface area contributed by atoms with Gasteiger partial charge >= 0.3 is 0 Å². The van der Waals surface area contributed by atoms with E-state index in [1.165, 1.54) is 13.2 Å². The van der Waals surface area contributed by atoms with Crippen LogP contribution < -0.4 is 15.0 Å². The van der Waals surface area contributed by atoms with Crippen molar-refractivity contribution in [3.05, 3.63) is 59.7 Å². The van der Waals surface area contributed by atoms with Crippen LogP contribution in [0.25, 0.3) is 0 Å². The Hall–Kier alpha value is -2.53. The summed E-state index contributed by atoms with van der Waals surface area (Å²) in [6.45, 7) is 0.405. The molecule has 0 radical (unpaired) electrons. The summed E-state index contributed by atoms with van der Waals surface area (Å²) in [4.78, 5) is 11.3. The molecule has 0 aromatic heterocycles. The molecule has 0 fully saturated rings. The summed E-state index contributed by atoms with van der Waals surface area (Å²) in [5.41, 5.74) is 2.90. The van der Waals surface area contributed by atoms with Crippen molar-refractivity contribution in [1.29, 1.82) is 0 Å². The minimum atomic E-state index is -0.599. The smallest absolute Gasteiger partial charge is 0.274 e. The van der Waals surface area contributed by atoms with Gasteiger partial charge in [0.05, 0.1) is 7.11 Å². The maximum Gasteiger partial charge on any atom is 0.274 e. The highest BCUT2D eigenvalue weighted by Gasteiger charge is 2.10. The number of hydrogen-bond donors (Lipinski definition) is 2. The maximum absolute atomic E-state index is 11.3. The van der Waals surface area contributed by atoms with Crippen LogP contribution in [0.3, 0.4) is 0 Å². The minimum absolute atomic E-state index is 0.288. The summed E-state index contributed by atoms with van der Waals surface area (Å²) in [6, 6.07) is 14.4. The number of benzene rings is 2. The van der Waals surface area contributed by atoms with E-state index in [4.69, 9.17) is 14.7 Å². The zero-order valence-corrected chi connectivity index (χ0v) is 11.0. The second kappa shape index (κ2) is 6.58. The standard InChI is InChI=1S/C15H15NO4/c1-19-14-9-12(15(17)16-18)7-8-13(14)20-10-11-5-3-2-4-6-11/h2-9,18H,10H2,1H3,(H,16,17). The molecule has 2 aromatic carbocycles. The fourth-order valence-corrected chi connectivity index (χ4v) is 1.73. The molecule has 20 heavy (non-hydrogen) atoms. The van der Waals surface area contributed by atoms with Crippen LogP contribution in [-0.2, 0) is 6.61 Å². The number of ether oxygens (including phenoxy) is 2. The number of carbonyl (C=O) groups excluding carboxylic acids is 1. The Labute approximate surface area is 116 Å². The van der Waals surface area contributed by atoms with Crippen LogP contribution in [0.2, 0.25) is 0 Å². The van der Waals surface area contributed by atoms with Crippen LogP contribution in [-0.4, -0.2) is 18.2 Å². The van der Waals surface area contributed by atoms with Crippen molar-refractivity contribution in [1.82, 2.24) is 5.48 Å². The number of nitrogens with one attached hydrogen (secondary N) is 1. The highest BCUT2D eigenvalue weighted by atomic mass is 16.5. The second-order valence-electron chi connectivity index (χ2n) is 4.08. The fraction of sp³-hybridized carbons (Fsp3) is 0.133. The first-order valence-corrected chi connectivity index (χ1v) is 6.04. The predicted octanol–water partition coefficient (Wildman–Crippen LogP) is 2.39. The quantitative estimate of drug-likeness (QED) is 0.648. The van der Waals surface area contributed by atoms with E-state index in [2.05, 4.69) is 0 Å². The van der Waals surface area contributed by atoms with Crippen LogP contribution in [0, 0.1) is 0 Å². The molecule has 0 saturated carbocycles. The van der Waals surface area contributed by atoms with E-state index < -0.39 is 5.91 Å². The molecule has 2 N–H and O–H groups in total. The van der Waals surface area contributed by atoms with Crippen molar-refractivity contribution in [3.63, 3.8) is 0 Å². The molecule has 104 valence electrons. The van der Waals surface area contributed by atoms with Gasteiger partial charge in [-0.05, 0) is 23.8 Å². The molecule has 5 nitrogen and oxygen atoms in total. The number of methoxy groups -OCH3 is 1. The van der Waals surface area contributed by atoms with E-state index in [0.717, 1.165) is 5.56 Å². The van der Waals surface area contributed by atoms with Gasteiger partial charge in [0.1, 0.15) is 6.61 Å². The fourth-order valence-electron chi connectivity index (χ4n) is 1.73. The van der Waals surface area contributed by atoms with Gasteiger partial charge in [0.15, 0.2) is 11.5 Å². The number of rotatable bonds is 5. The Morgan fingerprint density at radius 2 is 1.90 bits per heavy atom. The third-order valence-corrected chi connectivity index (χ3v) is 2.76. The van der Waals surface area contributed by atoms with Gasteiger partial charge in [0, 0.05) is 5.56 Å². The Bertz CT molecular complexity index is 584. The van der Waals surface area contributed by atoms with Gasteiger partial charge in [-0.15, -0.1) is 0 Å². The Kier molecular flexibility index (Phi) is 4.57. The monoisotopic (exact) mass is 273 g/mol. The van der Waals surface area contributed by atoms with Gasteiger partial charge in [0.2, 0.25) is 0 Å². The molecule has 2 rings (SSSR count). The first-order valence-electron chi connectivity index (χ1n) is 6.04. The number of amides is 1. The highest BCUT2D eigenvalue weighted by Crippen LogP contribution is 2.28. The molecular formula is C15H15NO4. The van der Waals surface area contributed by atoms with Crippen molar-refractivity contribution in [3.8, 4) is 11.5 Å². The summed E-state index contributed by atoms with van der Waals surface area (Å²) in [7, 11) is 1.49. The van der Waals surface area contributed by atoms with Crippen molar-refractivity contribution in [2.75, 3.05) is 7.11 Å². The minimum Gasteiger partial charge on any atom is -0.493 e. The number of hydroxylamine groups is 1. The molecule has 2 aromatic rings. The average molecular weight is 273 g/mol. The molecule has 5 heteroatoms. The summed E-state index contributed by atoms with van der Waals surface area (Å²) in [5, 5.41) is 8.60. The molecule has 0 atom stereocenters. The van der Waals surface area contributed by atoms with Crippen molar-refractivity contribution in [2.24, 2.45) is 0 Å². The average Bonchev–Trinajstić information content (AvgIpc) is 2.53. The van der Waals surface area contributed by atoms with Gasteiger partial charge in [0.25, 0.3) is 5.91 Å². The predicted molar refractivity (Wildman–Crippen MR) is 73.0 cm³/mol. The van der Waals surface area contributed by atoms with Gasteiger partial charge in [-0.25, -0.2) is 5.48 Å². The van der Waals surface area contributed by atoms with Crippen LogP contribution in [0.4, 0.5) is 0 Å². The topological polar surface area (TPSA) is 67.8 Å². The SMILES string of the molecule is COc1cc(C(=O)NO)ccc1OCc1ccccc1. The maximum atomic E-state index is 11.3. The molecule has 0 aliphatic carbocycles. The Balaban J connectivity index is 2.13. The lowest BCUT2D eigenvalue weighted by molar-refractivity contribution is 0.0706. The largest absolute Gasteiger partial charge is 0.493 e. The van der Waals surface area contributed by atoms with Crippen LogP contribution in [0.5, 0.6) is 11.5 Å². The molecule has 0 aliphatic heterocycles. The molecule has 0 saturated heterocycles. The van der Waals surface area contributed by atoms with E-state index in [0.29, 0.717) is 18.1 Å². The van der Waals surface area contributed by atoms with Gasteiger partial charge in [-0.1, -0.05) is 30.3 Å². The van der Waals surface area contributed by atoms with Crippen LogP contribution in [0.15, 0.2) is 48.5 Å². The molecular weight excluding hydrogens is 258 g/mol. The first-order chi connectivity index (χ1) is 9.74. The van der Waals surface area contributed by atoms with E-state index in [9.17, 15) is 4.79 Å². The zero-order chi connectivity index (χ0) is 14.4. The molecule has 0 bridgehead atoms. The molecule has 0 heterocycles. The van der Waals surface area contributed by atoms with Crippen LogP contribution in [0.1, 0.15) is 15.9 Å². The molecule has 0 unspecified atom stereocenters. The first kappa shape index (κ1) is 13.9. The molecule has 0 aliphatic rings. The summed E-state index contributed by atoms with van der Waals surface area (Å²) >= 11 is 0. The summed E-state index contributed by atoms with van der Waals surface area (Å²) < 4.78 is 10.8. The van der Waals surface area contributed by atoms with E-state index in [1.54, 1.807) is 17.6 Å². The van der Waals surface area contributed by atoms with Gasteiger partial charge in [-0.3, -0.25) is 10.0 Å². The Morgan fingerprint density at radius 3 is 2.55 bits per heavy atom. The van der Waals surface area contributed by atoms with Crippen molar-refractivity contribution < 1.29 is 19.5 Å². The highest BCUT2D eigenvalue weighted by molar-refractivity contribution is 5.94. The van der Waals surface area contributed by atoms with Crippen LogP contribution >= 0.6 is 0 Å². The number of carbonyl (C=O) groups is 1. The van der Waals surface area contributed by atoms with Gasteiger partial charge in [-0.2, -0.15) is 0 Å². The van der Waals surface area contributed by atoms with Gasteiger partial charge < -0.3 is 9.47 Å². The van der Waals surface area contributed by atoms with E-state index in [1.807, 2.05) is 30.3 Å². The van der Waals surface area contributed by atoms with E-state index >= 15 is 0 Å². The van der Waals surface area contributed by atoms with Crippen molar-refractivity contribution >= 4 is 5.91 Å². The zero-order valence-electron chi connectivity index (χ0n) is 11.0. The lowest BCUT2D eigenvalue weighted by atomic mass is 10.2. The van der Waals surface area contributed by atoms with E-state index in [-0.39, 0.29) is 5.56 Å². The lowest BCUT2D eigenvalue weighted by Crippen LogP contribution is -2.18. The molecule has 1 amide bonds. The molecule has 0 spiro atoms. The summed E-state index contributed by atoms with van der Waals surface area (Å²) in [6.07, 6.45) is 0. The normalized spacial score (nSPS) is 9.90. The van der Waals surface area contributed by atoms with Crippen molar-refractivity contribution in [2.45, 2.75) is 6.61 Å².